The fourth-order valence-electron chi connectivity index (χ4n) is 2.70. The normalized spacial score (nSPS) is 29.6. The number of hydrogen-bond donors (Lipinski definition) is 2. The summed E-state index contributed by atoms with van der Waals surface area (Å²) < 4.78 is 0. The van der Waals surface area contributed by atoms with Crippen LogP contribution in [0.3, 0.4) is 0 Å². The Kier molecular flexibility index (Phi) is 4.74. The van der Waals surface area contributed by atoms with Crippen LogP contribution in [0.5, 0.6) is 0 Å². The van der Waals surface area contributed by atoms with Gasteiger partial charge >= 0.3 is 0 Å². The topological polar surface area (TPSA) is 69.8 Å². The van der Waals surface area contributed by atoms with Crippen molar-refractivity contribution in [3.05, 3.63) is 12.2 Å². The average Bonchev–Trinajstić information content (AvgIpc) is 2.65. The van der Waals surface area contributed by atoms with Crippen LogP contribution in [0.25, 0.3) is 0 Å². The third kappa shape index (κ3) is 3.31. The Labute approximate surface area is 108 Å². The first-order valence-electron chi connectivity index (χ1n) is 6.76. The summed E-state index contributed by atoms with van der Waals surface area (Å²) >= 11 is 0. The van der Waals surface area contributed by atoms with Crippen LogP contribution in [-0.4, -0.2) is 66.2 Å². The van der Waals surface area contributed by atoms with Gasteiger partial charge in [0.05, 0.1) is 12.5 Å². The van der Waals surface area contributed by atoms with Crippen LogP contribution in [0.1, 0.15) is 12.8 Å². The van der Waals surface area contributed by atoms with Gasteiger partial charge in [-0.25, -0.2) is 0 Å². The van der Waals surface area contributed by atoms with Crippen molar-refractivity contribution in [2.45, 2.75) is 18.9 Å². The first-order valence-corrected chi connectivity index (χ1v) is 6.76. The van der Waals surface area contributed by atoms with Crippen LogP contribution in [0, 0.1) is 5.92 Å². The van der Waals surface area contributed by atoms with Crippen LogP contribution in [0.15, 0.2) is 12.2 Å². The molecule has 2 atom stereocenters. The molecular formula is C13H23N3O2. The molecule has 5 heteroatoms. The Balaban J connectivity index is 1.86. The molecule has 102 valence electrons. The van der Waals surface area contributed by atoms with E-state index in [0.29, 0.717) is 6.54 Å². The minimum atomic E-state index is -0.0237. The van der Waals surface area contributed by atoms with Crippen molar-refractivity contribution >= 4 is 5.91 Å². The number of nitrogens with two attached hydrogens (primary N) is 1. The van der Waals surface area contributed by atoms with Crippen molar-refractivity contribution in [3.63, 3.8) is 0 Å². The molecule has 1 amide bonds. The Bertz CT molecular complexity index is 319. The van der Waals surface area contributed by atoms with Gasteiger partial charge in [0.15, 0.2) is 0 Å². The lowest BCUT2D eigenvalue weighted by Crippen LogP contribution is -2.39. The summed E-state index contributed by atoms with van der Waals surface area (Å²) in [7, 11) is 0. The molecule has 2 rings (SSSR count). The SMILES string of the molecule is NC1C=CC(C(=O)N2CCCN(CCO)CC2)C1. The van der Waals surface area contributed by atoms with E-state index >= 15 is 0 Å². The molecule has 18 heavy (non-hydrogen) atoms. The van der Waals surface area contributed by atoms with E-state index in [1.807, 2.05) is 17.1 Å². The quantitative estimate of drug-likeness (QED) is 0.660. The smallest absolute Gasteiger partial charge is 0.229 e. The van der Waals surface area contributed by atoms with Crippen LogP contribution < -0.4 is 5.73 Å². The van der Waals surface area contributed by atoms with Crippen molar-refractivity contribution < 1.29 is 9.90 Å². The molecule has 2 unspecified atom stereocenters. The van der Waals surface area contributed by atoms with E-state index in [-0.39, 0.29) is 24.5 Å². The Morgan fingerprint density at radius 1 is 1.28 bits per heavy atom. The Hall–Kier alpha value is -0.910. The van der Waals surface area contributed by atoms with Crippen LogP contribution in [0.2, 0.25) is 0 Å². The fourth-order valence-corrected chi connectivity index (χ4v) is 2.70. The number of aliphatic hydroxyl groups is 1. The molecule has 0 saturated carbocycles. The van der Waals surface area contributed by atoms with Crippen LogP contribution in [-0.2, 0) is 4.79 Å². The molecule has 2 aliphatic rings. The Morgan fingerprint density at radius 2 is 2.11 bits per heavy atom. The molecule has 1 aliphatic heterocycles. The van der Waals surface area contributed by atoms with Crippen LogP contribution >= 0.6 is 0 Å². The number of amides is 1. The van der Waals surface area contributed by atoms with E-state index in [9.17, 15) is 4.79 Å². The average molecular weight is 253 g/mol. The molecule has 0 radical (unpaired) electrons. The van der Waals surface area contributed by atoms with Crippen molar-refractivity contribution in [2.75, 3.05) is 39.3 Å². The van der Waals surface area contributed by atoms with Gasteiger partial charge < -0.3 is 15.7 Å². The molecule has 1 aliphatic carbocycles. The number of carbonyl (C=O) groups is 1. The van der Waals surface area contributed by atoms with Gasteiger partial charge in [0.25, 0.3) is 0 Å². The predicted molar refractivity (Wildman–Crippen MR) is 69.9 cm³/mol. The zero-order chi connectivity index (χ0) is 13.0. The molecule has 0 aromatic rings. The number of rotatable bonds is 3. The summed E-state index contributed by atoms with van der Waals surface area (Å²) in [5.74, 6) is 0.189. The maximum absolute atomic E-state index is 12.3. The van der Waals surface area contributed by atoms with Gasteiger partial charge in [-0.15, -0.1) is 0 Å². The highest BCUT2D eigenvalue weighted by Gasteiger charge is 2.28. The molecule has 0 spiro atoms. The number of carbonyl (C=O) groups excluding carboxylic acids is 1. The lowest BCUT2D eigenvalue weighted by Gasteiger charge is -2.24. The number of aliphatic hydroxyl groups excluding tert-OH is 1. The Morgan fingerprint density at radius 3 is 2.78 bits per heavy atom. The highest BCUT2D eigenvalue weighted by atomic mass is 16.3. The highest BCUT2D eigenvalue weighted by Crippen LogP contribution is 2.19. The van der Waals surface area contributed by atoms with Gasteiger partial charge in [-0.05, 0) is 19.4 Å². The second kappa shape index (κ2) is 6.31. The number of hydrogen-bond acceptors (Lipinski definition) is 4. The third-order valence-electron chi connectivity index (χ3n) is 3.75. The second-order valence-corrected chi connectivity index (χ2v) is 5.14. The molecule has 1 saturated heterocycles. The van der Waals surface area contributed by atoms with Gasteiger partial charge in [0, 0.05) is 32.2 Å². The maximum Gasteiger partial charge on any atom is 0.229 e. The fraction of sp³-hybridized carbons (Fsp3) is 0.769. The number of nitrogens with zero attached hydrogens (tertiary/aromatic N) is 2. The third-order valence-corrected chi connectivity index (χ3v) is 3.75. The summed E-state index contributed by atoms with van der Waals surface area (Å²) in [5, 5.41) is 8.94. The molecule has 0 aromatic heterocycles. The van der Waals surface area contributed by atoms with Crippen molar-refractivity contribution in [1.82, 2.24) is 9.80 Å². The van der Waals surface area contributed by atoms with Gasteiger partial charge in [0.1, 0.15) is 0 Å². The minimum Gasteiger partial charge on any atom is -0.395 e. The van der Waals surface area contributed by atoms with Crippen molar-refractivity contribution in [1.29, 1.82) is 0 Å². The van der Waals surface area contributed by atoms with E-state index in [2.05, 4.69) is 4.90 Å². The summed E-state index contributed by atoms with van der Waals surface area (Å²) in [6.07, 6.45) is 5.60. The summed E-state index contributed by atoms with van der Waals surface area (Å²) in [6, 6.07) is 0.0387. The first-order chi connectivity index (χ1) is 8.70. The molecule has 5 nitrogen and oxygen atoms in total. The summed E-state index contributed by atoms with van der Waals surface area (Å²) in [4.78, 5) is 16.5. The van der Waals surface area contributed by atoms with E-state index < -0.39 is 0 Å². The molecule has 0 bridgehead atoms. The minimum absolute atomic E-state index is 0.0237. The number of β-amino-alcohol motifs (C(OH)–C–C–N with tert-alkyl or cyclic N) is 1. The first kappa shape index (κ1) is 13.5. The van der Waals surface area contributed by atoms with E-state index in [0.717, 1.165) is 39.0 Å². The van der Waals surface area contributed by atoms with Crippen LogP contribution in [0.4, 0.5) is 0 Å². The van der Waals surface area contributed by atoms with E-state index in [1.165, 1.54) is 0 Å². The van der Waals surface area contributed by atoms with Gasteiger partial charge in [-0.1, -0.05) is 12.2 Å². The monoisotopic (exact) mass is 253 g/mol. The standard InChI is InChI=1S/C13H23N3O2/c14-12-3-2-11(10-12)13(18)16-5-1-4-15(6-7-16)8-9-17/h2-3,11-12,17H,1,4-10,14H2. The zero-order valence-corrected chi connectivity index (χ0v) is 10.8. The van der Waals surface area contributed by atoms with Crippen molar-refractivity contribution in [2.24, 2.45) is 11.7 Å². The molecule has 1 heterocycles. The highest BCUT2D eigenvalue weighted by molar-refractivity contribution is 5.81. The zero-order valence-electron chi connectivity index (χ0n) is 10.8. The lowest BCUT2D eigenvalue weighted by atomic mass is 10.1. The molecule has 0 aromatic carbocycles. The lowest BCUT2D eigenvalue weighted by molar-refractivity contribution is -0.133. The van der Waals surface area contributed by atoms with E-state index in [1.54, 1.807) is 0 Å². The molecular weight excluding hydrogens is 230 g/mol. The second-order valence-electron chi connectivity index (χ2n) is 5.14. The van der Waals surface area contributed by atoms with Gasteiger partial charge in [0.2, 0.25) is 5.91 Å². The summed E-state index contributed by atoms with van der Waals surface area (Å²) in [5.41, 5.74) is 5.79. The maximum atomic E-state index is 12.3. The van der Waals surface area contributed by atoms with Gasteiger partial charge in [-0.3, -0.25) is 9.69 Å². The molecule has 1 fully saturated rings. The largest absolute Gasteiger partial charge is 0.395 e. The van der Waals surface area contributed by atoms with Gasteiger partial charge in [-0.2, -0.15) is 0 Å². The molecule has 3 N–H and O–H groups in total. The predicted octanol–water partition coefficient (Wildman–Crippen LogP) is -0.584. The van der Waals surface area contributed by atoms with E-state index in [4.69, 9.17) is 10.8 Å². The summed E-state index contributed by atoms with van der Waals surface area (Å²) in [6.45, 7) is 4.29. The van der Waals surface area contributed by atoms with Crippen molar-refractivity contribution in [3.8, 4) is 0 Å².